The number of halogens is 2. The van der Waals surface area contributed by atoms with Gasteiger partial charge >= 0.3 is 0 Å². The third-order valence-electron chi connectivity index (χ3n) is 2.15. The number of rotatable bonds is 4. The number of aliphatic hydroxyl groups excluding tert-OH is 1. The van der Waals surface area contributed by atoms with Crippen molar-refractivity contribution in [1.82, 2.24) is 5.32 Å². The molecule has 1 rings (SSSR count). The molecule has 0 aliphatic rings. The fourth-order valence-electron chi connectivity index (χ4n) is 1.12. The predicted octanol–water partition coefficient (Wildman–Crippen LogP) is 1.93. The minimum atomic E-state index is -0.540. The van der Waals surface area contributed by atoms with Crippen LogP contribution in [0.5, 0.6) is 0 Å². The van der Waals surface area contributed by atoms with Gasteiger partial charge in [0.2, 0.25) is 0 Å². The summed E-state index contributed by atoms with van der Waals surface area (Å²) in [5, 5.41) is 11.9. The summed E-state index contributed by atoms with van der Waals surface area (Å²) in [7, 11) is 0. The Bertz CT molecular complexity index is 384. The van der Waals surface area contributed by atoms with E-state index in [0.717, 1.165) is 0 Å². The van der Waals surface area contributed by atoms with Crippen molar-refractivity contribution >= 4 is 28.5 Å². The average Bonchev–Trinajstić information content (AvgIpc) is 2.25. The second-order valence-electron chi connectivity index (χ2n) is 3.40. The van der Waals surface area contributed by atoms with Crippen LogP contribution < -0.4 is 5.32 Å². The summed E-state index contributed by atoms with van der Waals surface area (Å²) in [6.07, 6.45) is 0.0444. The molecule has 5 heteroatoms. The molecule has 0 radical (unpaired) electrons. The molecule has 0 aromatic heterocycles. The van der Waals surface area contributed by atoms with Gasteiger partial charge in [0.1, 0.15) is 5.82 Å². The lowest BCUT2D eigenvalue weighted by Crippen LogP contribution is -2.32. The van der Waals surface area contributed by atoms with Gasteiger partial charge in [0.15, 0.2) is 0 Å². The second kappa shape index (κ2) is 6.15. The maximum atomic E-state index is 12.8. The van der Waals surface area contributed by atoms with Crippen molar-refractivity contribution in [2.45, 2.75) is 19.4 Å². The molecular formula is C11H13FINO2. The standard InChI is InChI=1S/C11H13FINO2/c1-2-8(15)6-14-11(16)9-4-3-7(12)5-10(9)13/h3-5,8,15H,2,6H2,1H3,(H,14,16). The van der Waals surface area contributed by atoms with Crippen LogP contribution in [0.15, 0.2) is 18.2 Å². The Labute approximate surface area is 107 Å². The van der Waals surface area contributed by atoms with Crippen molar-refractivity contribution in [2.24, 2.45) is 0 Å². The fourth-order valence-corrected chi connectivity index (χ4v) is 1.85. The molecule has 88 valence electrons. The largest absolute Gasteiger partial charge is 0.391 e. The van der Waals surface area contributed by atoms with Crippen LogP contribution in [0.2, 0.25) is 0 Å². The molecule has 0 aliphatic heterocycles. The van der Waals surface area contributed by atoms with Crippen LogP contribution >= 0.6 is 22.6 Å². The summed E-state index contributed by atoms with van der Waals surface area (Å²) in [6.45, 7) is 2.04. The van der Waals surface area contributed by atoms with Crippen molar-refractivity contribution < 1.29 is 14.3 Å². The van der Waals surface area contributed by atoms with E-state index in [0.29, 0.717) is 15.6 Å². The van der Waals surface area contributed by atoms with Crippen LogP contribution in [0, 0.1) is 9.39 Å². The maximum Gasteiger partial charge on any atom is 0.252 e. The summed E-state index contributed by atoms with van der Waals surface area (Å²) in [5.41, 5.74) is 0.422. The number of nitrogens with one attached hydrogen (secondary N) is 1. The van der Waals surface area contributed by atoms with Gasteiger partial charge in [-0.25, -0.2) is 4.39 Å². The van der Waals surface area contributed by atoms with Gasteiger partial charge in [-0.15, -0.1) is 0 Å². The molecule has 1 aromatic rings. The van der Waals surface area contributed by atoms with E-state index in [1.807, 2.05) is 29.5 Å². The molecule has 1 amide bonds. The van der Waals surface area contributed by atoms with Crippen molar-refractivity contribution in [3.63, 3.8) is 0 Å². The molecule has 0 saturated heterocycles. The van der Waals surface area contributed by atoms with Gasteiger partial charge in [-0.05, 0) is 47.2 Å². The van der Waals surface area contributed by atoms with Crippen LogP contribution in [0.25, 0.3) is 0 Å². The minimum absolute atomic E-state index is 0.211. The van der Waals surface area contributed by atoms with E-state index in [1.54, 1.807) is 0 Å². The molecule has 2 N–H and O–H groups in total. The van der Waals surface area contributed by atoms with Crippen LogP contribution in [0.4, 0.5) is 4.39 Å². The van der Waals surface area contributed by atoms with E-state index in [4.69, 9.17) is 0 Å². The molecule has 16 heavy (non-hydrogen) atoms. The van der Waals surface area contributed by atoms with Gasteiger partial charge in [-0.3, -0.25) is 4.79 Å². The number of benzene rings is 1. The Hall–Kier alpha value is -0.690. The van der Waals surface area contributed by atoms with Crippen molar-refractivity contribution in [3.8, 4) is 0 Å². The van der Waals surface area contributed by atoms with Gasteiger partial charge < -0.3 is 10.4 Å². The first-order chi connectivity index (χ1) is 7.54. The Morgan fingerprint density at radius 2 is 2.31 bits per heavy atom. The molecule has 1 unspecified atom stereocenters. The summed E-state index contributed by atoms with van der Waals surface area (Å²) < 4.78 is 13.4. The number of hydrogen-bond donors (Lipinski definition) is 2. The third-order valence-corrected chi connectivity index (χ3v) is 3.04. The number of aliphatic hydroxyl groups is 1. The van der Waals surface area contributed by atoms with Gasteiger partial charge in [-0.2, -0.15) is 0 Å². The number of amides is 1. The fraction of sp³-hybridized carbons (Fsp3) is 0.364. The molecule has 0 aliphatic carbocycles. The van der Waals surface area contributed by atoms with Crippen LogP contribution in [-0.2, 0) is 0 Å². The Kier molecular flexibility index (Phi) is 5.14. The zero-order valence-electron chi connectivity index (χ0n) is 8.84. The van der Waals surface area contributed by atoms with Crippen molar-refractivity contribution in [2.75, 3.05) is 6.54 Å². The predicted molar refractivity (Wildman–Crippen MR) is 67.7 cm³/mol. The lowest BCUT2D eigenvalue weighted by atomic mass is 10.2. The smallest absolute Gasteiger partial charge is 0.252 e. The molecule has 0 fully saturated rings. The van der Waals surface area contributed by atoms with Crippen molar-refractivity contribution in [3.05, 3.63) is 33.1 Å². The van der Waals surface area contributed by atoms with Crippen LogP contribution in [-0.4, -0.2) is 23.7 Å². The van der Waals surface area contributed by atoms with E-state index in [-0.39, 0.29) is 18.3 Å². The van der Waals surface area contributed by atoms with Gasteiger partial charge in [0.05, 0.1) is 11.7 Å². The second-order valence-corrected chi connectivity index (χ2v) is 4.56. The van der Waals surface area contributed by atoms with E-state index >= 15 is 0 Å². The highest BCUT2D eigenvalue weighted by Gasteiger charge is 2.11. The highest BCUT2D eigenvalue weighted by molar-refractivity contribution is 14.1. The summed E-state index contributed by atoms with van der Waals surface area (Å²) >= 11 is 1.90. The van der Waals surface area contributed by atoms with Crippen molar-refractivity contribution in [1.29, 1.82) is 0 Å². The van der Waals surface area contributed by atoms with E-state index in [2.05, 4.69) is 5.32 Å². The minimum Gasteiger partial charge on any atom is -0.391 e. The summed E-state index contributed by atoms with van der Waals surface area (Å²) in [5.74, 6) is -0.661. The zero-order chi connectivity index (χ0) is 12.1. The molecule has 0 spiro atoms. The number of hydrogen-bond acceptors (Lipinski definition) is 2. The zero-order valence-corrected chi connectivity index (χ0v) is 11.0. The first-order valence-electron chi connectivity index (χ1n) is 4.96. The molecule has 1 aromatic carbocycles. The number of carbonyl (C=O) groups is 1. The first kappa shape index (κ1) is 13.4. The molecular weight excluding hydrogens is 324 g/mol. The van der Waals surface area contributed by atoms with E-state index < -0.39 is 6.10 Å². The SMILES string of the molecule is CCC(O)CNC(=O)c1ccc(F)cc1I. The average molecular weight is 337 g/mol. The molecule has 1 atom stereocenters. The third kappa shape index (κ3) is 3.71. The highest BCUT2D eigenvalue weighted by atomic mass is 127. The summed E-state index contributed by atoms with van der Waals surface area (Å²) in [4.78, 5) is 11.6. The normalized spacial score (nSPS) is 12.2. The number of carbonyl (C=O) groups excluding carboxylic acids is 1. The van der Waals surface area contributed by atoms with Crippen LogP contribution in [0.3, 0.4) is 0 Å². The highest BCUT2D eigenvalue weighted by Crippen LogP contribution is 2.13. The molecule has 0 bridgehead atoms. The van der Waals surface area contributed by atoms with E-state index in [1.165, 1.54) is 18.2 Å². The van der Waals surface area contributed by atoms with Gasteiger partial charge in [0.25, 0.3) is 5.91 Å². The van der Waals surface area contributed by atoms with Crippen LogP contribution in [0.1, 0.15) is 23.7 Å². The van der Waals surface area contributed by atoms with Gasteiger partial charge in [-0.1, -0.05) is 6.92 Å². The molecule has 0 heterocycles. The first-order valence-corrected chi connectivity index (χ1v) is 6.03. The monoisotopic (exact) mass is 337 g/mol. The van der Waals surface area contributed by atoms with E-state index in [9.17, 15) is 14.3 Å². The van der Waals surface area contributed by atoms with Gasteiger partial charge in [0, 0.05) is 10.1 Å². The topological polar surface area (TPSA) is 49.3 Å². The summed E-state index contributed by atoms with van der Waals surface area (Å²) in [6, 6.07) is 3.98. The Balaban J connectivity index is 2.66. The lowest BCUT2D eigenvalue weighted by Gasteiger charge is -2.10. The Morgan fingerprint density at radius 3 is 2.88 bits per heavy atom. The Morgan fingerprint density at radius 1 is 1.62 bits per heavy atom. The molecule has 3 nitrogen and oxygen atoms in total. The lowest BCUT2D eigenvalue weighted by molar-refractivity contribution is 0.0913. The molecule has 0 saturated carbocycles. The quantitative estimate of drug-likeness (QED) is 0.825. The maximum absolute atomic E-state index is 12.8.